The zero-order valence-corrected chi connectivity index (χ0v) is 16.8. The number of fused-ring (bicyclic) bond motifs is 1. The second-order valence-electron chi connectivity index (χ2n) is 9.44. The first-order valence-electron chi connectivity index (χ1n) is 10.1. The SMILES string of the molecule is Cc1cc(-c2csc3nc(C45CC6CC(CC(C6)C4)C5)cn23)c(C)n1C. The van der Waals surface area contributed by atoms with Gasteiger partial charge in [0, 0.05) is 41.0 Å². The lowest BCUT2D eigenvalue weighted by molar-refractivity contribution is -0.00696. The molecule has 0 N–H and O–H groups in total. The van der Waals surface area contributed by atoms with E-state index in [0.29, 0.717) is 5.41 Å². The van der Waals surface area contributed by atoms with Crippen LogP contribution in [0.4, 0.5) is 0 Å². The van der Waals surface area contributed by atoms with E-state index in [1.165, 1.54) is 71.8 Å². The van der Waals surface area contributed by atoms with E-state index >= 15 is 0 Å². The van der Waals surface area contributed by atoms with E-state index < -0.39 is 0 Å². The molecule has 4 aliphatic rings. The summed E-state index contributed by atoms with van der Waals surface area (Å²) in [7, 11) is 2.16. The summed E-state index contributed by atoms with van der Waals surface area (Å²) in [6.07, 6.45) is 11.1. The van der Waals surface area contributed by atoms with E-state index in [1.54, 1.807) is 11.3 Å². The summed E-state index contributed by atoms with van der Waals surface area (Å²) >= 11 is 1.80. The summed E-state index contributed by atoms with van der Waals surface area (Å²) in [4.78, 5) is 6.36. The molecule has 0 aliphatic heterocycles. The van der Waals surface area contributed by atoms with Crippen molar-refractivity contribution >= 4 is 16.3 Å². The third kappa shape index (κ3) is 1.97. The van der Waals surface area contributed by atoms with Crippen LogP contribution in [-0.2, 0) is 12.5 Å². The normalized spacial score (nSPS) is 32.8. The zero-order valence-electron chi connectivity index (χ0n) is 16.0. The van der Waals surface area contributed by atoms with Gasteiger partial charge in [0.1, 0.15) is 0 Å². The fraction of sp³-hybridized carbons (Fsp3) is 0.591. The average Bonchev–Trinajstić information content (AvgIpc) is 3.24. The number of aryl methyl sites for hydroxylation is 1. The van der Waals surface area contributed by atoms with Crippen LogP contribution in [0, 0.1) is 31.6 Å². The largest absolute Gasteiger partial charge is 0.351 e. The molecule has 3 aromatic rings. The van der Waals surface area contributed by atoms with Crippen molar-refractivity contribution in [3.63, 3.8) is 0 Å². The van der Waals surface area contributed by atoms with E-state index in [0.717, 1.165) is 17.8 Å². The number of hydrogen-bond acceptors (Lipinski definition) is 2. The topological polar surface area (TPSA) is 22.2 Å². The highest BCUT2D eigenvalue weighted by Gasteiger charge is 2.52. The maximum Gasteiger partial charge on any atom is 0.194 e. The third-order valence-electron chi connectivity index (χ3n) is 7.84. The van der Waals surface area contributed by atoms with Crippen LogP contribution in [0.3, 0.4) is 0 Å². The van der Waals surface area contributed by atoms with Gasteiger partial charge in [-0.15, -0.1) is 11.3 Å². The van der Waals surface area contributed by atoms with Crippen molar-refractivity contribution in [2.45, 2.75) is 57.8 Å². The summed E-state index contributed by atoms with van der Waals surface area (Å²) < 4.78 is 4.66. The Morgan fingerprint density at radius 2 is 1.73 bits per heavy atom. The molecule has 0 atom stereocenters. The average molecular weight is 366 g/mol. The van der Waals surface area contributed by atoms with E-state index in [-0.39, 0.29) is 0 Å². The summed E-state index contributed by atoms with van der Waals surface area (Å²) in [6, 6.07) is 2.32. The minimum atomic E-state index is 0.388. The minimum absolute atomic E-state index is 0.388. The van der Waals surface area contributed by atoms with E-state index in [4.69, 9.17) is 4.98 Å². The summed E-state index contributed by atoms with van der Waals surface area (Å²) in [5.41, 5.74) is 7.11. The molecule has 26 heavy (non-hydrogen) atoms. The molecule has 0 amide bonds. The Bertz CT molecular complexity index is 983. The Labute approximate surface area is 159 Å². The molecular weight excluding hydrogens is 338 g/mol. The van der Waals surface area contributed by atoms with Gasteiger partial charge in [0.15, 0.2) is 4.96 Å². The van der Waals surface area contributed by atoms with Crippen LogP contribution in [0.5, 0.6) is 0 Å². The Morgan fingerprint density at radius 1 is 1.08 bits per heavy atom. The van der Waals surface area contributed by atoms with Crippen LogP contribution in [-0.4, -0.2) is 14.0 Å². The van der Waals surface area contributed by atoms with Gasteiger partial charge in [0.05, 0.1) is 11.4 Å². The Kier molecular flexibility index (Phi) is 3.00. The molecule has 0 unspecified atom stereocenters. The molecule has 0 spiro atoms. The first-order valence-corrected chi connectivity index (χ1v) is 11.0. The monoisotopic (exact) mass is 365 g/mol. The highest BCUT2D eigenvalue weighted by molar-refractivity contribution is 7.15. The number of nitrogens with zero attached hydrogens (tertiary/aromatic N) is 3. The summed E-state index contributed by atoms with van der Waals surface area (Å²) in [5, 5.41) is 2.29. The van der Waals surface area contributed by atoms with Crippen molar-refractivity contribution in [3.05, 3.63) is 34.7 Å². The lowest BCUT2D eigenvalue weighted by Gasteiger charge is -2.56. The fourth-order valence-electron chi connectivity index (χ4n) is 6.77. The first kappa shape index (κ1) is 15.5. The predicted molar refractivity (Wildman–Crippen MR) is 107 cm³/mol. The molecule has 7 rings (SSSR count). The molecule has 0 radical (unpaired) electrons. The highest BCUT2D eigenvalue weighted by atomic mass is 32.1. The van der Waals surface area contributed by atoms with Gasteiger partial charge in [-0.2, -0.15) is 0 Å². The Morgan fingerprint density at radius 3 is 2.31 bits per heavy atom. The van der Waals surface area contributed by atoms with Crippen LogP contribution < -0.4 is 0 Å². The van der Waals surface area contributed by atoms with Gasteiger partial charge in [-0.1, -0.05) is 0 Å². The van der Waals surface area contributed by atoms with E-state index in [9.17, 15) is 0 Å². The lowest BCUT2D eigenvalue weighted by Crippen LogP contribution is -2.48. The third-order valence-corrected chi connectivity index (χ3v) is 8.68. The van der Waals surface area contributed by atoms with Crippen LogP contribution in [0.2, 0.25) is 0 Å². The molecule has 3 aromatic heterocycles. The Balaban J connectivity index is 1.47. The smallest absolute Gasteiger partial charge is 0.194 e. The van der Waals surface area contributed by atoms with Gasteiger partial charge < -0.3 is 4.57 Å². The van der Waals surface area contributed by atoms with Crippen molar-refractivity contribution < 1.29 is 0 Å². The summed E-state index contributed by atoms with van der Waals surface area (Å²) in [5.74, 6) is 2.92. The molecule has 4 heteroatoms. The molecule has 4 bridgehead atoms. The highest BCUT2D eigenvalue weighted by Crippen LogP contribution is 2.60. The van der Waals surface area contributed by atoms with Gasteiger partial charge in [-0.05, 0) is 76.2 Å². The number of aromatic nitrogens is 3. The molecule has 4 aliphatic carbocycles. The minimum Gasteiger partial charge on any atom is -0.351 e. The van der Waals surface area contributed by atoms with Gasteiger partial charge >= 0.3 is 0 Å². The van der Waals surface area contributed by atoms with E-state index in [2.05, 4.69) is 47.5 Å². The number of thiazole rings is 1. The van der Waals surface area contributed by atoms with Crippen LogP contribution in [0.1, 0.15) is 55.6 Å². The predicted octanol–water partition coefficient (Wildman–Crippen LogP) is 5.49. The molecule has 0 saturated heterocycles. The fourth-order valence-corrected chi connectivity index (χ4v) is 7.65. The van der Waals surface area contributed by atoms with Crippen molar-refractivity contribution in [3.8, 4) is 11.3 Å². The van der Waals surface area contributed by atoms with E-state index in [1.807, 2.05) is 0 Å². The van der Waals surface area contributed by atoms with Crippen molar-refractivity contribution in [1.82, 2.24) is 14.0 Å². The molecule has 0 aromatic carbocycles. The van der Waals surface area contributed by atoms with Crippen molar-refractivity contribution in [2.75, 3.05) is 0 Å². The maximum atomic E-state index is 5.18. The van der Waals surface area contributed by atoms with Gasteiger partial charge in [0.25, 0.3) is 0 Å². The van der Waals surface area contributed by atoms with Gasteiger partial charge in [0.2, 0.25) is 0 Å². The molecular formula is C22H27N3S. The van der Waals surface area contributed by atoms with Gasteiger partial charge in [-0.3, -0.25) is 4.40 Å². The molecule has 136 valence electrons. The number of hydrogen-bond donors (Lipinski definition) is 0. The quantitative estimate of drug-likeness (QED) is 0.589. The van der Waals surface area contributed by atoms with Crippen LogP contribution >= 0.6 is 11.3 Å². The maximum absolute atomic E-state index is 5.18. The first-order chi connectivity index (χ1) is 12.5. The van der Waals surface area contributed by atoms with Crippen LogP contribution in [0.15, 0.2) is 17.6 Å². The molecule has 4 fully saturated rings. The second-order valence-corrected chi connectivity index (χ2v) is 10.3. The van der Waals surface area contributed by atoms with Crippen molar-refractivity contribution in [1.29, 1.82) is 0 Å². The number of rotatable bonds is 2. The zero-order chi connectivity index (χ0) is 17.6. The number of imidazole rings is 1. The molecule has 3 nitrogen and oxygen atoms in total. The summed E-state index contributed by atoms with van der Waals surface area (Å²) in [6.45, 7) is 4.41. The lowest BCUT2D eigenvalue weighted by atomic mass is 9.49. The van der Waals surface area contributed by atoms with Gasteiger partial charge in [-0.25, -0.2) is 4.98 Å². The standard InChI is InChI=1S/C22H27N3S/c1-13-4-18(14(2)24(13)3)19-12-26-21-23-20(11-25(19)21)22-8-15-5-16(9-22)7-17(6-15)10-22/h4,11-12,15-17H,5-10H2,1-3H3. The van der Waals surface area contributed by atoms with Crippen molar-refractivity contribution in [2.24, 2.45) is 24.8 Å². The van der Waals surface area contributed by atoms with Crippen LogP contribution in [0.25, 0.3) is 16.2 Å². The second kappa shape index (κ2) is 5.03. The molecule has 3 heterocycles. The molecule has 4 saturated carbocycles. The Hall–Kier alpha value is -1.55.